The summed E-state index contributed by atoms with van der Waals surface area (Å²) in [5, 5.41) is 8.15. The third-order valence-corrected chi connectivity index (χ3v) is 4.40. The largest absolute Gasteiger partial charge is 0.329 e. The molecule has 6 nitrogen and oxygen atoms in total. The van der Waals surface area contributed by atoms with Crippen LogP contribution < -0.4 is 10.7 Å². The predicted octanol–water partition coefficient (Wildman–Crippen LogP) is 2.80. The Labute approximate surface area is 154 Å². The number of amides is 2. The average Bonchev–Trinajstić information content (AvgIpc) is 2.95. The van der Waals surface area contributed by atoms with E-state index in [4.69, 9.17) is 0 Å². The van der Waals surface area contributed by atoms with E-state index in [1.165, 1.54) is 0 Å². The smallest absolute Gasteiger partial charge is 0.318 e. The number of aryl methyl sites for hydroxylation is 1. The lowest BCUT2D eigenvalue weighted by molar-refractivity contribution is -0.136. The van der Waals surface area contributed by atoms with Crippen molar-refractivity contribution in [2.75, 3.05) is 5.32 Å². The molecule has 0 heterocycles. The third kappa shape index (κ3) is 2.97. The monoisotopic (exact) mass is 357 g/mol. The normalized spacial score (nSPS) is 13.8. The van der Waals surface area contributed by atoms with Crippen molar-refractivity contribution in [3.63, 3.8) is 0 Å². The van der Waals surface area contributed by atoms with Gasteiger partial charge in [-0.25, -0.2) is 5.43 Å². The molecule has 3 aromatic carbocycles. The summed E-state index contributed by atoms with van der Waals surface area (Å²) in [5.74, 6) is -2.08. The molecule has 3 aromatic rings. The molecule has 0 saturated carbocycles. The van der Waals surface area contributed by atoms with Crippen LogP contribution in [0.3, 0.4) is 0 Å². The fraction of sp³-hybridized carbons (Fsp3) is 0.0476. The Bertz CT molecular complexity index is 1130. The van der Waals surface area contributed by atoms with Crippen LogP contribution in [0.25, 0.3) is 10.8 Å². The quantitative estimate of drug-likeness (QED) is 0.546. The zero-order chi connectivity index (χ0) is 19.0. The van der Waals surface area contributed by atoms with Gasteiger partial charge in [-0.15, -0.1) is 0 Å². The van der Waals surface area contributed by atoms with Gasteiger partial charge in [-0.3, -0.25) is 14.4 Å². The van der Waals surface area contributed by atoms with Crippen molar-refractivity contribution in [3.8, 4) is 0 Å². The number of carbonyl (C=O) groups excluding carboxylic acids is 3. The van der Waals surface area contributed by atoms with Crippen molar-refractivity contribution in [2.24, 2.45) is 5.10 Å². The number of nitrogens with zero attached hydrogens (tertiary/aromatic N) is 1. The fourth-order valence-corrected chi connectivity index (χ4v) is 3.07. The zero-order valence-electron chi connectivity index (χ0n) is 14.4. The highest BCUT2D eigenvalue weighted by Gasteiger charge is 2.29. The predicted molar refractivity (Wildman–Crippen MR) is 103 cm³/mol. The standard InChI is InChI=1S/C21H15N3O3/c1-12-8-10-14(11-9-12)22-20(26)21(27)24-23-18-15-6-2-4-13-5-3-7-16(17(13)15)19(18)25/h2-11H,1H3,(H,22,26)(H,24,27)/b23-18-. The maximum Gasteiger partial charge on any atom is 0.329 e. The van der Waals surface area contributed by atoms with Crippen LogP contribution in [0.2, 0.25) is 0 Å². The van der Waals surface area contributed by atoms with Crippen molar-refractivity contribution in [3.05, 3.63) is 77.4 Å². The van der Waals surface area contributed by atoms with Crippen molar-refractivity contribution in [1.29, 1.82) is 0 Å². The molecular weight excluding hydrogens is 342 g/mol. The maximum absolute atomic E-state index is 12.6. The van der Waals surface area contributed by atoms with Crippen molar-refractivity contribution < 1.29 is 14.4 Å². The molecule has 2 N–H and O–H groups in total. The molecule has 4 rings (SSSR count). The number of benzene rings is 3. The molecule has 0 radical (unpaired) electrons. The van der Waals surface area contributed by atoms with E-state index in [2.05, 4.69) is 15.8 Å². The number of hydrazone groups is 1. The summed E-state index contributed by atoms with van der Waals surface area (Å²) in [5.41, 5.74) is 5.03. The molecule has 0 saturated heterocycles. The van der Waals surface area contributed by atoms with Gasteiger partial charge in [0.15, 0.2) is 0 Å². The molecule has 0 unspecified atom stereocenters. The summed E-state index contributed by atoms with van der Waals surface area (Å²) in [4.78, 5) is 36.7. The van der Waals surface area contributed by atoms with Gasteiger partial charge in [0.05, 0.1) is 0 Å². The first-order valence-corrected chi connectivity index (χ1v) is 8.37. The van der Waals surface area contributed by atoms with Gasteiger partial charge in [0, 0.05) is 22.2 Å². The highest BCUT2D eigenvalue weighted by atomic mass is 16.2. The first-order valence-electron chi connectivity index (χ1n) is 8.37. The van der Waals surface area contributed by atoms with E-state index in [1.807, 2.05) is 37.3 Å². The number of carbonyl (C=O) groups is 3. The molecule has 27 heavy (non-hydrogen) atoms. The number of hydrogen-bond donors (Lipinski definition) is 2. The Morgan fingerprint density at radius 3 is 2.22 bits per heavy atom. The van der Waals surface area contributed by atoms with Crippen LogP contribution in [0.15, 0.2) is 65.8 Å². The number of Topliss-reactive ketones (excluding diaryl/α,β-unsaturated/α-hetero) is 1. The van der Waals surface area contributed by atoms with E-state index in [0.717, 1.165) is 16.3 Å². The van der Waals surface area contributed by atoms with Gasteiger partial charge in [-0.1, -0.05) is 54.1 Å². The van der Waals surface area contributed by atoms with Crippen molar-refractivity contribution in [1.82, 2.24) is 5.43 Å². The Hall–Kier alpha value is -3.80. The van der Waals surface area contributed by atoms with Crippen LogP contribution in [0.1, 0.15) is 21.5 Å². The van der Waals surface area contributed by atoms with Gasteiger partial charge >= 0.3 is 11.8 Å². The molecule has 0 atom stereocenters. The number of rotatable bonds is 2. The maximum atomic E-state index is 12.6. The lowest BCUT2D eigenvalue weighted by Gasteiger charge is -2.05. The summed E-state index contributed by atoms with van der Waals surface area (Å²) < 4.78 is 0. The first kappa shape index (κ1) is 16.7. The minimum Gasteiger partial charge on any atom is -0.318 e. The van der Waals surface area contributed by atoms with E-state index in [-0.39, 0.29) is 11.5 Å². The van der Waals surface area contributed by atoms with Gasteiger partial charge in [0.1, 0.15) is 5.71 Å². The topological polar surface area (TPSA) is 87.6 Å². The molecule has 6 heteroatoms. The van der Waals surface area contributed by atoms with E-state index in [1.54, 1.807) is 30.3 Å². The van der Waals surface area contributed by atoms with Gasteiger partial charge in [-0.05, 0) is 24.4 Å². The summed E-state index contributed by atoms with van der Waals surface area (Å²) in [6.07, 6.45) is 0. The Morgan fingerprint density at radius 2 is 1.52 bits per heavy atom. The first-order chi connectivity index (χ1) is 13.0. The third-order valence-electron chi connectivity index (χ3n) is 4.40. The summed E-state index contributed by atoms with van der Waals surface area (Å²) >= 11 is 0. The molecular formula is C21H15N3O3. The van der Waals surface area contributed by atoms with Gasteiger partial charge < -0.3 is 5.32 Å². The SMILES string of the molecule is Cc1ccc(NC(=O)C(=O)N/N=C2\C(=O)c3cccc4cccc2c34)cc1. The molecule has 0 spiro atoms. The Kier molecular flexibility index (Phi) is 4.01. The lowest BCUT2D eigenvalue weighted by Crippen LogP contribution is -2.33. The van der Waals surface area contributed by atoms with Crippen molar-refractivity contribution >= 4 is 39.8 Å². The summed E-state index contributed by atoms with van der Waals surface area (Å²) in [7, 11) is 0. The summed E-state index contributed by atoms with van der Waals surface area (Å²) in [6.45, 7) is 1.92. The molecule has 0 aliphatic heterocycles. The molecule has 2 amide bonds. The summed E-state index contributed by atoms with van der Waals surface area (Å²) in [6, 6.07) is 18.0. The van der Waals surface area contributed by atoms with Gasteiger partial charge in [0.25, 0.3) is 0 Å². The van der Waals surface area contributed by atoms with Crippen molar-refractivity contribution in [2.45, 2.75) is 6.92 Å². The van der Waals surface area contributed by atoms with Crippen LogP contribution in [0, 0.1) is 6.92 Å². The number of ketones is 1. The number of hydrogen-bond acceptors (Lipinski definition) is 4. The molecule has 132 valence electrons. The van der Waals surface area contributed by atoms with Crippen LogP contribution in [-0.4, -0.2) is 23.3 Å². The number of nitrogens with one attached hydrogen (secondary N) is 2. The van der Waals surface area contributed by atoms with Gasteiger partial charge in [0.2, 0.25) is 5.78 Å². The zero-order valence-corrected chi connectivity index (χ0v) is 14.4. The molecule has 1 aliphatic carbocycles. The van der Waals surface area contributed by atoms with Crippen LogP contribution >= 0.6 is 0 Å². The van der Waals surface area contributed by atoms with Gasteiger partial charge in [-0.2, -0.15) is 5.10 Å². The highest BCUT2D eigenvalue weighted by Crippen LogP contribution is 2.30. The Balaban J connectivity index is 1.54. The lowest BCUT2D eigenvalue weighted by atomic mass is 10.1. The van der Waals surface area contributed by atoms with E-state index >= 15 is 0 Å². The van der Waals surface area contributed by atoms with E-state index in [9.17, 15) is 14.4 Å². The van der Waals surface area contributed by atoms with Crippen LogP contribution in [0.5, 0.6) is 0 Å². The second-order valence-electron chi connectivity index (χ2n) is 6.26. The molecule has 1 aliphatic rings. The molecule has 0 bridgehead atoms. The second-order valence-corrected chi connectivity index (χ2v) is 6.26. The minimum absolute atomic E-state index is 0.123. The van der Waals surface area contributed by atoms with Crippen LogP contribution in [-0.2, 0) is 9.59 Å². The Morgan fingerprint density at radius 1 is 0.852 bits per heavy atom. The van der Waals surface area contributed by atoms with Crippen LogP contribution in [0.4, 0.5) is 5.69 Å². The highest BCUT2D eigenvalue weighted by molar-refractivity contribution is 6.59. The number of anilines is 1. The minimum atomic E-state index is -0.945. The second kappa shape index (κ2) is 6.49. The molecule has 0 aromatic heterocycles. The van der Waals surface area contributed by atoms with E-state index < -0.39 is 11.8 Å². The van der Waals surface area contributed by atoms with E-state index in [0.29, 0.717) is 16.8 Å². The average molecular weight is 357 g/mol. The fourth-order valence-electron chi connectivity index (χ4n) is 3.07. The molecule has 0 fully saturated rings.